The number of nitrogens with zero attached hydrogens (tertiary/aromatic N) is 6. The lowest BCUT2D eigenvalue weighted by Gasteiger charge is -1.99. The van der Waals surface area contributed by atoms with E-state index in [9.17, 15) is 0 Å². The molecule has 38 heavy (non-hydrogen) atoms. The standard InChI is InChI=1S/C11H19N3S.C11H16N2.C7H9N.C2H6/c1-2-3-4-5-8-15-14-9-12-11(13-14)10-6-7-10;1-5-11-8-12-13(10(11)4)7-6-9(2)3;1-2-7-4-3-5-8-6-7;1-2/h9-10H,2-8H2,1H3;6-8H,2,5H2,1,3-4H3;3-6H,2H2,1H3;1-2H3/b;7-6-;;. The molecule has 210 valence electrons. The van der Waals surface area contributed by atoms with Gasteiger partial charge in [0.25, 0.3) is 0 Å². The van der Waals surface area contributed by atoms with Crippen molar-refractivity contribution in [1.29, 1.82) is 0 Å². The summed E-state index contributed by atoms with van der Waals surface area (Å²) in [5.74, 6) is 2.89. The number of hydrogen-bond donors (Lipinski definition) is 0. The number of pyridine rings is 1. The fraction of sp³-hybridized carbons (Fsp3) is 0.548. The summed E-state index contributed by atoms with van der Waals surface area (Å²) < 4.78 is 3.81. The molecule has 0 aromatic carbocycles. The fourth-order valence-corrected chi connectivity index (χ4v) is 4.08. The molecule has 0 unspecified atom stereocenters. The Labute approximate surface area is 236 Å². The lowest BCUT2D eigenvalue weighted by Crippen LogP contribution is -1.92. The molecule has 6 nitrogen and oxygen atoms in total. The van der Waals surface area contributed by atoms with Crippen LogP contribution in [0.3, 0.4) is 0 Å². The van der Waals surface area contributed by atoms with Crippen molar-refractivity contribution in [3.8, 4) is 0 Å². The van der Waals surface area contributed by atoms with Crippen LogP contribution in [0, 0.1) is 6.92 Å². The summed E-state index contributed by atoms with van der Waals surface area (Å²) in [6, 6.07) is 4.03. The van der Waals surface area contributed by atoms with E-state index in [0.717, 1.165) is 30.0 Å². The highest BCUT2D eigenvalue weighted by atomic mass is 32.2. The topological polar surface area (TPSA) is 61.4 Å². The van der Waals surface area contributed by atoms with Crippen molar-refractivity contribution in [2.45, 2.75) is 106 Å². The van der Waals surface area contributed by atoms with Gasteiger partial charge in [0.05, 0.1) is 6.20 Å². The summed E-state index contributed by atoms with van der Waals surface area (Å²) in [4.78, 5) is 8.28. The van der Waals surface area contributed by atoms with E-state index >= 15 is 0 Å². The third kappa shape index (κ3) is 13.8. The van der Waals surface area contributed by atoms with Crippen molar-refractivity contribution in [2.75, 3.05) is 5.75 Å². The minimum atomic E-state index is 0.673. The molecular weight excluding hydrogens is 488 g/mol. The third-order valence-corrected chi connectivity index (χ3v) is 6.72. The zero-order valence-electron chi connectivity index (χ0n) is 24.9. The van der Waals surface area contributed by atoms with E-state index in [1.54, 1.807) is 18.1 Å². The van der Waals surface area contributed by atoms with Gasteiger partial charge in [-0.15, -0.1) is 5.10 Å². The van der Waals surface area contributed by atoms with Gasteiger partial charge in [-0.25, -0.2) is 9.67 Å². The first-order chi connectivity index (χ1) is 18.5. The third-order valence-electron chi connectivity index (χ3n) is 5.81. The molecule has 0 atom stereocenters. The van der Waals surface area contributed by atoms with E-state index in [2.05, 4.69) is 60.5 Å². The van der Waals surface area contributed by atoms with Crippen LogP contribution >= 0.6 is 11.9 Å². The Morgan fingerprint density at radius 1 is 1.11 bits per heavy atom. The van der Waals surface area contributed by atoms with Crippen molar-refractivity contribution in [3.63, 3.8) is 0 Å². The molecule has 0 spiro atoms. The van der Waals surface area contributed by atoms with Gasteiger partial charge < -0.3 is 0 Å². The predicted octanol–water partition coefficient (Wildman–Crippen LogP) is 8.70. The Hall–Kier alpha value is -2.67. The lowest BCUT2D eigenvalue weighted by molar-refractivity contribution is 0.705. The average Bonchev–Trinajstić information content (AvgIpc) is 3.59. The highest BCUT2D eigenvalue weighted by Gasteiger charge is 2.27. The maximum absolute atomic E-state index is 4.46. The first-order valence-corrected chi connectivity index (χ1v) is 15.2. The van der Waals surface area contributed by atoms with Gasteiger partial charge in [0.1, 0.15) is 6.33 Å². The van der Waals surface area contributed by atoms with E-state index in [0.29, 0.717) is 5.92 Å². The molecular formula is C31H50N6S. The number of rotatable bonds is 11. The number of hydrogen-bond acceptors (Lipinski definition) is 5. The van der Waals surface area contributed by atoms with Gasteiger partial charge >= 0.3 is 0 Å². The smallest absolute Gasteiger partial charge is 0.154 e. The minimum Gasteiger partial charge on any atom is -0.264 e. The van der Waals surface area contributed by atoms with Crippen LogP contribution in [0.15, 0.2) is 55.3 Å². The van der Waals surface area contributed by atoms with Crippen LogP contribution in [0.5, 0.6) is 0 Å². The van der Waals surface area contributed by atoms with Gasteiger partial charge in [-0.3, -0.25) is 4.98 Å². The molecule has 0 bridgehead atoms. The molecule has 3 aromatic heterocycles. The van der Waals surface area contributed by atoms with Gasteiger partial charge in [0.2, 0.25) is 0 Å². The Morgan fingerprint density at radius 3 is 2.39 bits per heavy atom. The highest BCUT2D eigenvalue weighted by molar-refractivity contribution is 7.97. The quantitative estimate of drug-likeness (QED) is 0.180. The van der Waals surface area contributed by atoms with Crippen LogP contribution in [-0.4, -0.2) is 34.7 Å². The molecule has 0 saturated heterocycles. The van der Waals surface area contributed by atoms with Gasteiger partial charge in [0, 0.05) is 36.0 Å². The molecule has 3 heterocycles. The Balaban J connectivity index is 0.000000287. The molecule has 0 N–H and O–H groups in total. The normalized spacial score (nSPS) is 12.1. The first-order valence-electron chi connectivity index (χ1n) is 14.3. The summed E-state index contributed by atoms with van der Waals surface area (Å²) in [6.45, 7) is 18.3. The predicted molar refractivity (Wildman–Crippen MR) is 165 cm³/mol. The van der Waals surface area contributed by atoms with E-state index < -0.39 is 0 Å². The molecule has 1 fully saturated rings. The Kier molecular flexibility index (Phi) is 17.8. The molecule has 0 aliphatic heterocycles. The van der Waals surface area contributed by atoms with Gasteiger partial charge in [-0.05, 0) is 81.2 Å². The largest absolute Gasteiger partial charge is 0.264 e. The van der Waals surface area contributed by atoms with Crippen LogP contribution in [0.1, 0.15) is 109 Å². The summed E-state index contributed by atoms with van der Waals surface area (Å²) in [7, 11) is 0. The van der Waals surface area contributed by atoms with Gasteiger partial charge in [-0.1, -0.05) is 72.1 Å². The molecule has 0 amide bonds. The maximum Gasteiger partial charge on any atom is 0.154 e. The van der Waals surface area contributed by atoms with Crippen LogP contribution in [0.4, 0.5) is 0 Å². The summed E-state index contributed by atoms with van der Waals surface area (Å²) in [5, 5.41) is 8.71. The molecule has 1 aliphatic rings. The second kappa shape index (κ2) is 20.3. The second-order valence-corrected chi connectivity index (χ2v) is 10.1. The lowest BCUT2D eigenvalue weighted by atomic mass is 10.2. The van der Waals surface area contributed by atoms with Gasteiger partial charge in [0.15, 0.2) is 5.82 Å². The maximum atomic E-state index is 4.46. The van der Waals surface area contributed by atoms with Crippen LogP contribution in [0.25, 0.3) is 6.20 Å². The SMILES string of the molecule is C=C(C)/C=C\n1ncc(CC)c1C.CC.CCCCCCSn1cnc(C2CC2)n1.CCc1cccnc1. The summed E-state index contributed by atoms with van der Waals surface area (Å²) >= 11 is 1.78. The van der Waals surface area contributed by atoms with Crippen LogP contribution in [0.2, 0.25) is 0 Å². The molecule has 0 radical (unpaired) electrons. The second-order valence-electron chi connectivity index (χ2n) is 9.10. The van der Waals surface area contributed by atoms with Crippen molar-refractivity contribution in [3.05, 3.63) is 77.9 Å². The molecule has 3 aromatic rings. The number of allylic oxidation sites excluding steroid dienone is 2. The van der Waals surface area contributed by atoms with E-state index in [-0.39, 0.29) is 0 Å². The minimum absolute atomic E-state index is 0.673. The number of aryl methyl sites for hydroxylation is 2. The molecule has 7 heteroatoms. The summed E-state index contributed by atoms with van der Waals surface area (Å²) in [5.41, 5.74) is 4.84. The molecule has 4 rings (SSSR count). The molecule has 1 aliphatic carbocycles. The van der Waals surface area contributed by atoms with Crippen LogP contribution < -0.4 is 0 Å². The van der Waals surface area contributed by atoms with Crippen molar-refractivity contribution in [2.24, 2.45) is 0 Å². The van der Waals surface area contributed by atoms with Crippen LogP contribution in [-0.2, 0) is 12.8 Å². The van der Waals surface area contributed by atoms with Crippen molar-refractivity contribution in [1.82, 2.24) is 28.9 Å². The Bertz CT molecular complexity index is 1030. The number of aromatic nitrogens is 6. The Morgan fingerprint density at radius 2 is 1.87 bits per heavy atom. The highest BCUT2D eigenvalue weighted by Crippen LogP contribution is 2.37. The zero-order chi connectivity index (χ0) is 28.2. The van der Waals surface area contributed by atoms with Crippen molar-refractivity contribution >= 4 is 18.1 Å². The summed E-state index contributed by atoms with van der Waals surface area (Å²) in [6.07, 6.45) is 21.3. The zero-order valence-corrected chi connectivity index (χ0v) is 25.7. The van der Waals surface area contributed by atoms with E-state index in [1.165, 1.54) is 55.3 Å². The number of unbranched alkanes of at least 4 members (excludes halogenated alkanes) is 3. The molecule has 1 saturated carbocycles. The monoisotopic (exact) mass is 538 g/mol. The average molecular weight is 539 g/mol. The fourth-order valence-electron chi connectivity index (χ4n) is 3.30. The van der Waals surface area contributed by atoms with Gasteiger partial charge in [-0.2, -0.15) is 9.19 Å². The van der Waals surface area contributed by atoms with E-state index in [1.807, 2.05) is 66.6 Å². The van der Waals surface area contributed by atoms with Crippen molar-refractivity contribution < 1.29 is 0 Å². The van der Waals surface area contributed by atoms with E-state index in [4.69, 9.17) is 0 Å². The first kappa shape index (κ1) is 33.4.